The lowest BCUT2D eigenvalue weighted by molar-refractivity contribution is -0.133. The second-order valence-corrected chi connectivity index (χ2v) is 10.3. The lowest BCUT2D eigenvalue weighted by Gasteiger charge is -2.37. The Morgan fingerprint density at radius 1 is 0.825 bits per heavy atom. The molecule has 7 nitrogen and oxygen atoms in total. The van der Waals surface area contributed by atoms with E-state index in [1.54, 1.807) is 0 Å². The van der Waals surface area contributed by atoms with Crippen molar-refractivity contribution in [3.05, 3.63) is 114 Å². The predicted molar refractivity (Wildman–Crippen MR) is 159 cm³/mol. The van der Waals surface area contributed by atoms with Crippen molar-refractivity contribution in [1.82, 2.24) is 24.6 Å². The number of carbonyl (C=O) groups excluding carboxylic acids is 1. The van der Waals surface area contributed by atoms with Gasteiger partial charge in [-0.1, -0.05) is 85.8 Å². The summed E-state index contributed by atoms with van der Waals surface area (Å²) >= 11 is 0. The number of hydrogen-bond acceptors (Lipinski definition) is 5. The smallest absolute Gasteiger partial charge is 0.230 e. The van der Waals surface area contributed by atoms with Crippen molar-refractivity contribution < 1.29 is 4.79 Å². The molecular weight excluding hydrogens is 496 g/mol. The molecule has 1 amide bonds. The van der Waals surface area contributed by atoms with Gasteiger partial charge in [-0.15, -0.1) is 0 Å². The van der Waals surface area contributed by atoms with Crippen LogP contribution in [-0.4, -0.2) is 56.7 Å². The van der Waals surface area contributed by atoms with E-state index in [2.05, 4.69) is 36.1 Å². The van der Waals surface area contributed by atoms with Crippen LogP contribution in [0.4, 0.5) is 5.82 Å². The van der Waals surface area contributed by atoms with E-state index < -0.39 is 0 Å². The molecule has 0 bridgehead atoms. The molecule has 40 heavy (non-hydrogen) atoms. The summed E-state index contributed by atoms with van der Waals surface area (Å²) in [6.45, 7) is 6.86. The fraction of sp³-hybridized carbons (Fsp3) is 0.273. The Kier molecular flexibility index (Phi) is 7.27. The predicted octanol–water partition coefficient (Wildman–Crippen LogP) is 5.56. The zero-order valence-corrected chi connectivity index (χ0v) is 23.1. The minimum atomic E-state index is -0.109. The molecule has 0 saturated carbocycles. The third kappa shape index (κ3) is 5.07. The van der Waals surface area contributed by atoms with Crippen molar-refractivity contribution in [2.24, 2.45) is 0 Å². The van der Waals surface area contributed by atoms with Gasteiger partial charge in [-0.3, -0.25) is 4.79 Å². The van der Waals surface area contributed by atoms with Gasteiger partial charge in [0.2, 0.25) is 5.91 Å². The Labute approximate surface area is 235 Å². The van der Waals surface area contributed by atoms with Crippen LogP contribution in [-0.2, 0) is 11.2 Å². The molecule has 0 radical (unpaired) electrons. The van der Waals surface area contributed by atoms with Crippen molar-refractivity contribution in [1.29, 1.82) is 0 Å². The third-order valence-electron chi connectivity index (χ3n) is 7.73. The number of fused-ring (bicyclic) bond motifs is 1. The van der Waals surface area contributed by atoms with Gasteiger partial charge in [0, 0.05) is 32.6 Å². The van der Waals surface area contributed by atoms with Gasteiger partial charge in [0.25, 0.3) is 0 Å². The molecule has 2 aromatic heterocycles. The average Bonchev–Trinajstić information content (AvgIpc) is 3.34. The van der Waals surface area contributed by atoms with Gasteiger partial charge in [-0.05, 0) is 36.6 Å². The minimum absolute atomic E-state index is 0.109. The molecule has 3 heterocycles. The summed E-state index contributed by atoms with van der Waals surface area (Å²) in [7, 11) is 0. The molecule has 1 aliphatic rings. The number of para-hydroxylation sites is 1. The normalized spacial score (nSPS) is 14.4. The van der Waals surface area contributed by atoms with Crippen LogP contribution < -0.4 is 4.90 Å². The number of anilines is 1. The fourth-order valence-electron chi connectivity index (χ4n) is 5.64. The molecule has 1 fully saturated rings. The second kappa shape index (κ2) is 11.3. The highest BCUT2D eigenvalue weighted by Crippen LogP contribution is 2.31. The first-order chi connectivity index (χ1) is 19.6. The molecule has 1 atom stereocenters. The molecule has 5 aromatic rings. The Morgan fingerprint density at radius 3 is 2.10 bits per heavy atom. The number of benzene rings is 3. The molecule has 3 aromatic carbocycles. The maximum Gasteiger partial charge on any atom is 0.230 e. The van der Waals surface area contributed by atoms with E-state index in [4.69, 9.17) is 15.1 Å². The van der Waals surface area contributed by atoms with Gasteiger partial charge in [0.1, 0.15) is 11.6 Å². The van der Waals surface area contributed by atoms with Crippen LogP contribution in [0.1, 0.15) is 41.9 Å². The monoisotopic (exact) mass is 530 g/mol. The lowest BCUT2D eigenvalue weighted by Crippen LogP contribution is -2.50. The minimum Gasteiger partial charge on any atom is -0.352 e. The molecule has 6 rings (SSSR count). The van der Waals surface area contributed by atoms with Crippen molar-refractivity contribution in [3.8, 4) is 5.69 Å². The van der Waals surface area contributed by atoms with Gasteiger partial charge in [0.05, 0.1) is 22.7 Å². The summed E-state index contributed by atoms with van der Waals surface area (Å²) in [6, 6.07) is 30.6. The van der Waals surface area contributed by atoms with Crippen LogP contribution >= 0.6 is 0 Å². The molecule has 202 valence electrons. The Balaban J connectivity index is 1.32. The molecule has 0 aliphatic carbocycles. The number of rotatable bonds is 7. The van der Waals surface area contributed by atoms with E-state index in [1.165, 1.54) is 0 Å². The van der Waals surface area contributed by atoms with E-state index in [0.717, 1.165) is 51.6 Å². The SMILES string of the molecule is CCC(C(=O)N1CCN(c2nc(Cc3ccccc3)nc3c2c(C)nn3-c2ccccc2)CC1)c1ccccc1. The zero-order valence-electron chi connectivity index (χ0n) is 23.1. The largest absolute Gasteiger partial charge is 0.352 e. The van der Waals surface area contributed by atoms with Crippen molar-refractivity contribution >= 4 is 22.8 Å². The van der Waals surface area contributed by atoms with E-state index in [-0.39, 0.29) is 11.8 Å². The van der Waals surface area contributed by atoms with Crippen LogP contribution in [0.15, 0.2) is 91.0 Å². The van der Waals surface area contributed by atoms with Gasteiger partial charge in [-0.25, -0.2) is 14.6 Å². The Bertz CT molecular complexity index is 1590. The summed E-state index contributed by atoms with van der Waals surface area (Å²) in [6.07, 6.45) is 1.42. The van der Waals surface area contributed by atoms with Crippen LogP contribution in [0.2, 0.25) is 0 Å². The fourth-order valence-corrected chi connectivity index (χ4v) is 5.64. The highest BCUT2D eigenvalue weighted by atomic mass is 16.2. The number of piperazine rings is 1. The summed E-state index contributed by atoms with van der Waals surface area (Å²) < 4.78 is 1.93. The number of nitrogens with zero attached hydrogens (tertiary/aromatic N) is 6. The molecular formula is C33H34N6O. The molecule has 1 unspecified atom stereocenters. The van der Waals surface area contributed by atoms with Crippen molar-refractivity contribution in [2.45, 2.75) is 32.6 Å². The molecule has 1 aliphatic heterocycles. The maximum absolute atomic E-state index is 13.5. The number of amides is 1. The first-order valence-electron chi connectivity index (χ1n) is 14.1. The summed E-state index contributed by atoms with van der Waals surface area (Å²) in [5.74, 6) is 1.76. The van der Waals surface area contributed by atoms with E-state index in [0.29, 0.717) is 32.6 Å². The highest BCUT2D eigenvalue weighted by Gasteiger charge is 2.30. The standard InChI is InChI=1S/C33H34N6O/c1-3-28(26-15-9-5-10-16-26)33(40)38-21-19-37(20-22-38)31-30-24(2)36-39(27-17-11-6-12-18-27)32(30)35-29(34-31)23-25-13-7-4-8-14-25/h4-18,28H,3,19-23H2,1-2H3. The second-order valence-electron chi connectivity index (χ2n) is 10.3. The summed E-state index contributed by atoms with van der Waals surface area (Å²) in [5, 5.41) is 5.87. The average molecular weight is 531 g/mol. The van der Waals surface area contributed by atoms with E-state index in [9.17, 15) is 4.79 Å². The molecule has 0 spiro atoms. The van der Waals surface area contributed by atoms with Crippen LogP contribution in [0.5, 0.6) is 0 Å². The van der Waals surface area contributed by atoms with Gasteiger partial charge >= 0.3 is 0 Å². The number of aromatic nitrogens is 4. The topological polar surface area (TPSA) is 67.2 Å². The van der Waals surface area contributed by atoms with Crippen LogP contribution in [0.25, 0.3) is 16.7 Å². The maximum atomic E-state index is 13.5. The Morgan fingerprint density at radius 2 is 1.45 bits per heavy atom. The number of carbonyl (C=O) groups is 1. The number of aryl methyl sites for hydroxylation is 1. The zero-order chi connectivity index (χ0) is 27.5. The van der Waals surface area contributed by atoms with Crippen LogP contribution in [0, 0.1) is 6.92 Å². The quantitative estimate of drug-likeness (QED) is 0.276. The third-order valence-corrected chi connectivity index (χ3v) is 7.73. The Hall–Kier alpha value is -4.52. The van der Waals surface area contributed by atoms with Gasteiger partial charge < -0.3 is 9.80 Å². The summed E-state index contributed by atoms with van der Waals surface area (Å²) in [5.41, 5.74) is 4.93. The molecule has 0 N–H and O–H groups in total. The van der Waals surface area contributed by atoms with E-state index >= 15 is 0 Å². The first-order valence-corrected chi connectivity index (χ1v) is 14.1. The van der Waals surface area contributed by atoms with Gasteiger partial charge in [-0.2, -0.15) is 5.10 Å². The number of hydrogen-bond donors (Lipinski definition) is 0. The van der Waals surface area contributed by atoms with Crippen molar-refractivity contribution in [3.63, 3.8) is 0 Å². The van der Waals surface area contributed by atoms with E-state index in [1.807, 2.05) is 83.2 Å². The first kappa shape index (κ1) is 25.7. The van der Waals surface area contributed by atoms with Gasteiger partial charge in [0.15, 0.2) is 5.65 Å². The van der Waals surface area contributed by atoms with Crippen molar-refractivity contribution in [2.75, 3.05) is 31.1 Å². The lowest BCUT2D eigenvalue weighted by atomic mass is 9.95. The summed E-state index contributed by atoms with van der Waals surface area (Å²) in [4.78, 5) is 28.0. The van der Waals surface area contributed by atoms with Crippen LogP contribution in [0.3, 0.4) is 0 Å². The molecule has 7 heteroatoms. The molecule has 1 saturated heterocycles. The highest BCUT2D eigenvalue weighted by molar-refractivity contribution is 5.91.